The van der Waals surface area contributed by atoms with Crippen LogP contribution >= 0.6 is 11.3 Å². The lowest BCUT2D eigenvalue weighted by Gasteiger charge is -2.53. The van der Waals surface area contributed by atoms with Crippen molar-refractivity contribution < 1.29 is 0 Å². The first-order chi connectivity index (χ1) is 33.2. The van der Waals surface area contributed by atoms with Gasteiger partial charge in [0.25, 0.3) is 0 Å². The maximum Gasteiger partial charge on any atom is 0.333 e. The molecule has 0 saturated heterocycles. The number of nitrogens with zero attached hydrogens (tertiary/aromatic N) is 3. The molecule has 4 heterocycles. The van der Waals surface area contributed by atoms with Crippen molar-refractivity contribution in [3.63, 3.8) is 0 Å². The van der Waals surface area contributed by atoms with E-state index in [0.29, 0.717) is 0 Å². The van der Waals surface area contributed by atoms with Crippen LogP contribution in [0.3, 0.4) is 0 Å². The molecular formula is C64H60BN3S. The van der Waals surface area contributed by atoms with E-state index in [2.05, 4.69) is 240 Å². The third kappa shape index (κ3) is 6.11. The van der Waals surface area contributed by atoms with Crippen LogP contribution in [-0.2, 0) is 16.2 Å². The topological polar surface area (TPSA) is 9.72 Å². The molecule has 4 aliphatic rings. The predicted molar refractivity (Wildman–Crippen MR) is 299 cm³/mol. The van der Waals surface area contributed by atoms with Gasteiger partial charge >= 0.3 is 6.85 Å². The highest BCUT2D eigenvalue weighted by Gasteiger charge is 2.62. The number of hydrogen-bond donors (Lipinski definition) is 0. The molecule has 1 fully saturated rings. The Balaban J connectivity index is 1.23. The predicted octanol–water partition coefficient (Wildman–Crippen LogP) is 16.8. The maximum atomic E-state index is 2.91. The number of hydrogen-bond acceptors (Lipinski definition) is 4. The Labute approximate surface area is 413 Å². The summed E-state index contributed by atoms with van der Waals surface area (Å²) in [5, 5.41) is 2.67. The summed E-state index contributed by atoms with van der Waals surface area (Å²) in [4.78, 5) is 8.21. The summed E-state index contributed by atoms with van der Waals surface area (Å²) >= 11 is 1.92. The molecule has 1 aromatic heterocycles. The Morgan fingerprint density at radius 3 is 1.88 bits per heavy atom. The number of fused-ring (bicyclic) bond motifs is 11. The van der Waals surface area contributed by atoms with Crippen molar-refractivity contribution in [2.75, 3.05) is 14.6 Å². The monoisotopic (exact) mass is 913 g/mol. The van der Waals surface area contributed by atoms with Crippen LogP contribution in [0.5, 0.6) is 0 Å². The average Bonchev–Trinajstić information content (AvgIpc) is 3.83. The molecule has 3 aliphatic heterocycles. The van der Waals surface area contributed by atoms with E-state index in [1.54, 1.807) is 0 Å². The third-order valence-electron chi connectivity index (χ3n) is 16.9. The Morgan fingerprint density at radius 2 is 1.19 bits per heavy atom. The smallest absolute Gasteiger partial charge is 0.333 e. The molecule has 0 radical (unpaired) electrons. The van der Waals surface area contributed by atoms with Gasteiger partial charge in [0, 0.05) is 76.5 Å². The zero-order valence-corrected chi connectivity index (χ0v) is 42.1. The lowest BCUT2D eigenvalue weighted by Crippen LogP contribution is -2.64. The van der Waals surface area contributed by atoms with Gasteiger partial charge in [-0.1, -0.05) is 164 Å². The summed E-state index contributed by atoms with van der Waals surface area (Å²) in [7, 11) is 0. The molecule has 0 N–H and O–H groups in total. The highest BCUT2D eigenvalue weighted by molar-refractivity contribution is 7.26. The van der Waals surface area contributed by atoms with Crippen LogP contribution < -0.4 is 25.5 Å². The average molecular weight is 914 g/mol. The molecule has 1 saturated carbocycles. The summed E-state index contributed by atoms with van der Waals surface area (Å²) in [5.74, 6) is 0. The fourth-order valence-electron chi connectivity index (χ4n) is 13.1. The lowest BCUT2D eigenvalue weighted by atomic mass is 9.43. The van der Waals surface area contributed by atoms with Gasteiger partial charge in [0.05, 0.1) is 5.54 Å². The minimum atomic E-state index is -0.143. The largest absolute Gasteiger partial charge is 0.376 e. The zero-order valence-electron chi connectivity index (χ0n) is 41.3. The SMILES string of the molecule is CC(C)(C)c1ccc(N2B3c4cc(C(C)(C)C)cc5c4N(c4cc(N(c6ccccc6)c6ccccc6)cc(c43)-c3c2ccc2sc4ccccc4c32)C2(C)CCCCC52C)c(-c2ccccc2)c1. The second-order valence-electron chi connectivity index (χ2n) is 22.8. The maximum absolute atomic E-state index is 2.91. The normalized spacial score (nSPS) is 19.1. The van der Waals surface area contributed by atoms with Gasteiger partial charge in [0.2, 0.25) is 0 Å². The fraction of sp³-hybridized carbons (Fsp3) is 0.250. The molecule has 0 amide bonds. The molecule has 0 spiro atoms. The minimum Gasteiger partial charge on any atom is -0.376 e. The van der Waals surface area contributed by atoms with E-state index in [4.69, 9.17) is 0 Å². The van der Waals surface area contributed by atoms with E-state index in [0.717, 1.165) is 17.8 Å². The summed E-state index contributed by atoms with van der Waals surface area (Å²) < 4.78 is 2.65. The van der Waals surface area contributed by atoms with E-state index >= 15 is 0 Å². The first-order valence-electron chi connectivity index (χ1n) is 25.3. The van der Waals surface area contributed by atoms with E-state index in [-0.39, 0.29) is 28.6 Å². The molecule has 2 unspecified atom stereocenters. The van der Waals surface area contributed by atoms with Gasteiger partial charge in [-0.05, 0) is 136 Å². The van der Waals surface area contributed by atoms with Crippen molar-refractivity contribution in [2.45, 2.75) is 103 Å². The third-order valence-corrected chi connectivity index (χ3v) is 18.0. The highest BCUT2D eigenvalue weighted by Crippen LogP contribution is 2.64. The van der Waals surface area contributed by atoms with E-state index in [1.807, 2.05) is 11.3 Å². The van der Waals surface area contributed by atoms with Crippen LogP contribution in [-0.4, -0.2) is 12.4 Å². The molecule has 1 aliphatic carbocycles. The van der Waals surface area contributed by atoms with Gasteiger partial charge < -0.3 is 14.6 Å². The van der Waals surface area contributed by atoms with Crippen molar-refractivity contribution in [1.29, 1.82) is 0 Å². The van der Waals surface area contributed by atoms with E-state index in [1.165, 1.54) is 118 Å². The van der Waals surface area contributed by atoms with Gasteiger partial charge in [-0.15, -0.1) is 11.3 Å². The second kappa shape index (κ2) is 15.0. The van der Waals surface area contributed by atoms with Crippen LogP contribution in [0, 0.1) is 0 Å². The summed E-state index contributed by atoms with van der Waals surface area (Å²) in [6, 6.07) is 65.1. The van der Waals surface area contributed by atoms with Crippen molar-refractivity contribution in [2.24, 2.45) is 0 Å². The van der Waals surface area contributed by atoms with Gasteiger partial charge in [-0.25, -0.2) is 0 Å². The first kappa shape index (κ1) is 42.5. The number of rotatable bonds is 5. The number of para-hydroxylation sites is 2. The fourth-order valence-corrected chi connectivity index (χ4v) is 14.2. The Morgan fingerprint density at radius 1 is 0.551 bits per heavy atom. The molecule has 5 heteroatoms. The van der Waals surface area contributed by atoms with Crippen molar-refractivity contribution in [3.8, 4) is 22.3 Å². The van der Waals surface area contributed by atoms with Gasteiger partial charge in [-0.3, -0.25) is 0 Å². The molecule has 8 aromatic carbocycles. The summed E-state index contributed by atoms with van der Waals surface area (Å²) in [6.07, 6.45) is 4.78. The Hall–Kier alpha value is -6.56. The first-order valence-corrected chi connectivity index (χ1v) is 26.1. The molecule has 0 bridgehead atoms. The van der Waals surface area contributed by atoms with Crippen molar-refractivity contribution in [3.05, 3.63) is 187 Å². The van der Waals surface area contributed by atoms with Gasteiger partial charge in [0.15, 0.2) is 0 Å². The molecule has 69 heavy (non-hydrogen) atoms. The molecule has 13 rings (SSSR count). The molecule has 340 valence electrons. The number of benzene rings is 8. The Kier molecular flexibility index (Phi) is 9.23. The quantitative estimate of drug-likeness (QED) is 0.159. The summed E-state index contributed by atoms with van der Waals surface area (Å²) in [5.41, 5.74) is 20.8. The van der Waals surface area contributed by atoms with Gasteiger partial charge in [0.1, 0.15) is 0 Å². The van der Waals surface area contributed by atoms with E-state index in [9.17, 15) is 0 Å². The summed E-state index contributed by atoms with van der Waals surface area (Å²) in [6.45, 7) is 19.4. The van der Waals surface area contributed by atoms with Crippen molar-refractivity contribution in [1.82, 2.24) is 0 Å². The molecule has 2 atom stereocenters. The number of thiophene rings is 1. The number of anilines is 7. The molecule has 9 aromatic rings. The lowest BCUT2D eigenvalue weighted by molar-refractivity contribution is 0.195. The van der Waals surface area contributed by atoms with Crippen LogP contribution in [0.2, 0.25) is 0 Å². The van der Waals surface area contributed by atoms with Crippen LogP contribution in [0.25, 0.3) is 42.4 Å². The van der Waals surface area contributed by atoms with Crippen LogP contribution in [0.4, 0.5) is 39.8 Å². The molecular weight excluding hydrogens is 854 g/mol. The second-order valence-corrected chi connectivity index (χ2v) is 23.9. The highest BCUT2D eigenvalue weighted by atomic mass is 32.1. The van der Waals surface area contributed by atoms with Gasteiger partial charge in [-0.2, -0.15) is 0 Å². The Bertz CT molecular complexity index is 3490. The zero-order chi connectivity index (χ0) is 47.2. The standard InChI is InChI=1S/C64H60BN3S/c1-61(2,3)42-30-31-52(48(36-42)41-22-12-9-13-23-41)68-53-32-33-56-58(47-28-18-19-29-55(47)69-56)57(53)49-39-46(66(44-24-14-10-15-25-44)45-26-16-11-17-27-45)40-54-59(49)65(68)51-38-43(62(4,5)6)37-50-60(51)67(54)64(8)35-21-20-34-63(50,64)7/h9-19,22-33,36-40H,20-21,34-35H2,1-8H3. The molecule has 3 nitrogen and oxygen atoms in total. The minimum absolute atomic E-state index is 0.0302. The van der Waals surface area contributed by atoms with E-state index < -0.39 is 0 Å². The van der Waals surface area contributed by atoms with Crippen molar-refractivity contribution >= 4 is 89.1 Å². The van der Waals surface area contributed by atoms with Crippen LogP contribution in [0.15, 0.2) is 170 Å². The van der Waals surface area contributed by atoms with Crippen LogP contribution in [0.1, 0.15) is 97.8 Å².